The molecule has 2 rings (SSSR count). The fourth-order valence-electron chi connectivity index (χ4n) is 2.24. The third-order valence-corrected chi connectivity index (χ3v) is 3.73. The fraction of sp³-hybridized carbons (Fsp3) is 0.263. The summed E-state index contributed by atoms with van der Waals surface area (Å²) in [5.41, 5.74) is 1.76. The number of carboxylic acid groups (broad SMARTS) is 1. The van der Waals surface area contributed by atoms with Crippen LogP contribution in [0.2, 0.25) is 0 Å². The molecule has 0 bridgehead atoms. The number of amides is 2. The lowest BCUT2D eigenvalue weighted by Gasteiger charge is -2.17. The second-order valence-electron chi connectivity index (χ2n) is 5.88. The summed E-state index contributed by atoms with van der Waals surface area (Å²) in [5.74, 6) is -0.0913. The second kappa shape index (κ2) is 8.84. The monoisotopic (exact) mass is 360 g/mol. The topological polar surface area (TPSA) is 78.9 Å². The zero-order chi connectivity index (χ0) is 19.1. The van der Waals surface area contributed by atoms with Gasteiger partial charge in [0.2, 0.25) is 0 Å². The number of carboxylic acids is 1. The Morgan fingerprint density at radius 3 is 2.50 bits per heavy atom. The summed E-state index contributed by atoms with van der Waals surface area (Å²) in [6.45, 7) is 2.34. The van der Waals surface area contributed by atoms with E-state index in [-0.39, 0.29) is 24.8 Å². The first-order chi connectivity index (χ1) is 12.3. The maximum absolute atomic E-state index is 12.9. The van der Waals surface area contributed by atoms with Gasteiger partial charge < -0.3 is 20.1 Å². The van der Waals surface area contributed by atoms with Crippen molar-refractivity contribution in [1.29, 1.82) is 0 Å². The highest BCUT2D eigenvalue weighted by Gasteiger charge is 2.10. The van der Waals surface area contributed by atoms with E-state index in [0.717, 1.165) is 11.1 Å². The maximum Gasteiger partial charge on any atom is 0.317 e. The van der Waals surface area contributed by atoms with Crippen LogP contribution in [0, 0.1) is 12.7 Å². The minimum atomic E-state index is -0.947. The van der Waals surface area contributed by atoms with Crippen molar-refractivity contribution < 1.29 is 23.8 Å². The molecule has 0 aromatic heterocycles. The molecule has 0 heterocycles. The highest BCUT2D eigenvalue weighted by Crippen LogP contribution is 2.25. The lowest BCUT2D eigenvalue weighted by atomic mass is 10.1. The van der Waals surface area contributed by atoms with Crippen LogP contribution in [0.5, 0.6) is 11.5 Å². The minimum absolute atomic E-state index is 0.0988. The van der Waals surface area contributed by atoms with Gasteiger partial charge in [0.25, 0.3) is 0 Å². The van der Waals surface area contributed by atoms with Crippen molar-refractivity contribution in [1.82, 2.24) is 10.2 Å². The predicted molar refractivity (Wildman–Crippen MR) is 94.8 cm³/mol. The summed E-state index contributed by atoms with van der Waals surface area (Å²) in [6.07, 6.45) is -0.0988. The molecular weight excluding hydrogens is 339 g/mol. The Kier molecular flexibility index (Phi) is 6.54. The molecule has 0 aliphatic heterocycles. The maximum atomic E-state index is 12.9. The summed E-state index contributed by atoms with van der Waals surface area (Å²) in [4.78, 5) is 23.8. The predicted octanol–water partition coefficient (Wildman–Crippen LogP) is 3.54. The number of benzene rings is 2. The lowest BCUT2D eigenvalue weighted by Crippen LogP contribution is -2.37. The van der Waals surface area contributed by atoms with Crippen LogP contribution in [-0.2, 0) is 11.3 Å². The van der Waals surface area contributed by atoms with Gasteiger partial charge in [0.1, 0.15) is 17.3 Å². The van der Waals surface area contributed by atoms with Gasteiger partial charge in [-0.05, 0) is 48.4 Å². The van der Waals surface area contributed by atoms with Crippen molar-refractivity contribution in [2.45, 2.75) is 19.9 Å². The molecule has 2 N–H and O–H groups in total. The van der Waals surface area contributed by atoms with Gasteiger partial charge in [0, 0.05) is 20.1 Å². The van der Waals surface area contributed by atoms with E-state index in [4.69, 9.17) is 9.84 Å². The van der Waals surface area contributed by atoms with E-state index in [9.17, 15) is 14.0 Å². The standard InChI is InChI=1S/C19H21FN2O4/c1-13-11-14(12-21-19(25)22(2)10-9-18(23)24)3-8-17(13)26-16-6-4-15(20)5-7-16/h3-8,11H,9-10,12H2,1-2H3,(H,21,25)(H,23,24). The quantitative estimate of drug-likeness (QED) is 0.792. The van der Waals surface area contributed by atoms with E-state index < -0.39 is 5.97 Å². The average molecular weight is 360 g/mol. The Labute approximate surface area is 151 Å². The number of carbonyl (C=O) groups excluding carboxylic acids is 1. The van der Waals surface area contributed by atoms with Gasteiger partial charge >= 0.3 is 12.0 Å². The van der Waals surface area contributed by atoms with Crippen LogP contribution < -0.4 is 10.1 Å². The average Bonchev–Trinajstić information content (AvgIpc) is 2.61. The largest absolute Gasteiger partial charge is 0.481 e. The van der Waals surface area contributed by atoms with Gasteiger partial charge in [-0.3, -0.25) is 4.79 Å². The number of aryl methyl sites for hydroxylation is 1. The Balaban J connectivity index is 1.91. The van der Waals surface area contributed by atoms with E-state index in [1.54, 1.807) is 25.2 Å². The van der Waals surface area contributed by atoms with Crippen LogP contribution >= 0.6 is 0 Å². The Bertz CT molecular complexity index is 778. The van der Waals surface area contributed by atoms with Crippen molar-refractivity contribution in [3.05, 3.63) is 59.4 Å². The van der Waals surface area contributed by atoms with Crippen molar-refractivity contribution in [2.75, 3.05) is 13.6 Å². The van der Waals surface area contributed by atoms with Crippen molar-refractivity contribution in [3.63, 3.8) is 0 Å². The molecule has 138 valence electrons. The van der Waals surface area contributed by atoms with Crippen molar-refractivity contribution in [3.8, 4) is 11.5 Å². The zero-order valence-corrected chi connectivity index (χ0v) is 14.7. The summed E-state index contributed by atoms with van der Waals surface area (Å²) in [6, 6.07) is 10.9. The number of urea groups is 1. The molecule has 7 heteroatoms. The summed E-state index contributed by atoms with van der Waals surface area (Å²) in [5, 5.41) is 11.4. The van der Waals surface area contributed by atoms with Gasteiger partial charge in [-0.1, -0.05) is 12.1 Å². The molecule has 2 aromatic carbocycles. The van der Waals surface area contributed by atoms with E-state index in [1.807, 2.05) is 19.1 Å². The van der Waals surface area contributed by atoms with Crippen LogP contribution in [-0.4, -0.2) is 35.6 Å². The summed E-state index contributed by atoms with van der Waals surface area (Å²) < 4.78 is 18.6. The third-order valence-electron chi connectivity index (χ3n) is 3.73. The molecule has 6 nitrogen and oxygen atoms in total. The summed E-state index contributed by atoms with van der Waals surface area (Å²) >= 11 is 0. The van der Waals surface area contributed by atoms with Crippen LogP contribution in [0.3, 0.4) is 0 Å². The van der Waals surface area contributed by atoms with E-state index in [1.165, 1.54) is 17.0 Å². The molecule has 0 aliphatic carbocycles. The zero-order valence-electron chi connectivity index (χ0n) is 14.7. The van der Waals surface area contributed by atoms with E-state index in [2.05, 4.69) is 5.32 Å². The number of carbonyl (C=O) groups is 2. The van der Waals surface area contributed by atoms with Crippen LogP contribution in [0.1, 0.15) is 17.5 Å². The first-order valence-corrected chi connectivity index (χ1v) is 8.09. The molecule has 0 saturated heterocycles. The lowest BCUT2D eigenvalue weighted by molar-refractivity contribution is -0.137. The molecule has 0 aliphatic rings. The number of ether oxygens (including phenoxy) is 1. The smallest absolute Gasteiger partial charge is 0.317 e. The molecule has 0 atom stereocenters. The van der Waals surface area contributed by atoms with Gasteiger partial charge in [-0.15, -0.1) is 0 Å². The molecule has 0 radical (unpaired) electrons. The molecule has 2 amide bonds. The fourth-order valence-corrected chi connectivity index (χ4v) is 2.24. The molecule has 0 fully saturated rings. The molecular formula is C19H21FN2O4. The van der Waals surface area contributed by atoms with Crippen LogP contribution in [0.25, 0.3) is 0 Å². The SMILES string of the molecule is Cc1cc(CNC(=O)N(C)CCC(=O)O)ccc1Oc1ccc(F)cc1. The molecule has 0 saturated carbocycles. The summed E-state index contributed by atoms with van der Waals surface area (Å²) in [7, 11) is 1.54. The molecule has 0 unspecified atom stereocenters. The number of hydrogen-bond acceptors (Lipinski definition) is 3. The third kappa shape index (κ3) is 5.77. The number of nitrogens with one attached hydrogen (secondary N) is 1. The van der Waals surface area contributed by atoms with Gasteiger partial charge in [-0.25, -0.2) is 9.18 Å². The first kappa shape index (κ1) is 19.2. The van der Waals surface area contributed by atoms with E-state index >= 15 is 0 Å². The van der Waals surface area contributed by atoms with Gasteiger partial charge in [0.15, 0.2) is 0 Å². The number of halogens is 1. The molecule has 2 aromatic rings. The highest BCUT2D eigenvalue weighted by molar-refractivity contribution is 5.75. The minimum Gasteiger partial charge on any atom is -0.481 e. The number of rotatable bonds is 7. The van der Waals surface area contributed by atoms with Crippen LogP contribution in [0.4, 0.5) is 9.18 Å². The first-order valence-electron chi connectivity index (χ1n) is 8.09. The second-order valence-corrected chi connectivity index (χ2v) is 5.88. The number of aliphatic carboxylic acids is 1. The van der Waals surface area contributed by atoms with E-state index in [0.29, 0.717) is 18.0 Å². The Hall–Kier alpha value is -3.09. The number of hydrogen-bond donors (Lipinski definition) is 2. The van der Waals surface area contributed by atoms with Crippen LogP contribution in [0.15, 0.2) is 42.5 Å². The number of nitrogens with zero attached hydrogens (tertiary/aromatic N) is 1. The van der Waals surface area contributed by atoms with Crippen molar-refractivity contribution in [2.24, 2.45) is 0 Å². The highest BCUT2D eigenvalue weighted by atomic mass is 19.1. The molecule has 26 heavy (non-hydrogen) atoms. The van der Waals surface area contributed by atoms with Crippen molar-refractivity contribution >= 4 is 12.0 Å². The molecule has 0 spiro atoms. The Morgan fingerprint density at radius 1 is 1.19 bits per heavy atom. The normalized spacial score (nSPS) is 10.3. The van der Waals surface area contributed by atoms with Gasteiger partial charge in [0.05, 0.1) is 6.42 Å². The Morgan fingerprint density at radius 2 is 1.88 bits per heavy atom. The van der Waals surface area contributed by atoms with Gasteiger partial charge in [-0.2, -0.15) is 0 Å².